The van der Waals surface area contributed by atoms with Crippen molar-refractivity contribution >= 4 is 5.91 Å². The summed E-state index contributed by atoms with van der Waals surface area (Å²) < 4.78 is 13.3. The lowest BCUT2D eigenvalue weighted by Gasteiger charge is -2.37. The van der Waals surface area contributed by atoms with Gasteiger partial charge in [0.15, 0.2) is 0 Å². The van der Waals surface area contributed by atoms with Crippen molar-refractivity contribution in [1.82, 2.24) is 15.2 Å². The lowest BCUT2D eigenvalue weighted by Crippen LogP contribution is -2.50. The number of carbonyl (C=O) groups is 1. The molecule has 0 radical (unpaired) electrons. The van der Waals surface area contributed by atoms with Crippen molar-refractivity contribution in [3.05, 3.63) is 29.8 Å². The zero-order valence-corrected chi connectivity index (χ0v) is 12.4. The minimum atomic E-state index is -0.456. The molecule has 1 amide bonds. The number of nitrogens with zero attached hydrogens (tertiary/aromatic N) is 2. The Morgan fingerprint density at radius 2 is 2.10 bits per heavy atom. The van der Waals surface area contributed by atoms with E-state index >= 15 is 0 Å². The van der Waals surface area contributed by atoms with Gasteiger partial charge in [-0.1, -0.05) is 6.92 Å². The Morgan fingerprint density at radius 3 is 2.71 bits per heavy atom. The summed E-state index contributed by atoms with van der Waals surface area (Å²) in [6.07, 6.45) is 7.92. The maximum absolute atomic E-state index is 13.3. The summed E-state index contributed by atoms with van der Waals surface area (Å²) in [6.45, 7) is 2.79. The largest absolute Gasteiger partial charge is 0.336 e. The molecule has 1 N–H and O–H groups in total. The predicted octanol–water partition coefficient (Wildman–Crippen LogP) is 2.36. The second-order valence-electron chi connectivity index (χ2n) is 6.15. The standard InChI is InChI=1S/C16H22FN3O/c1-2-5-20(15-7-13-3-4-14(8-15)19-13)16(21)11-6-12(17)10-18-9-11/h6,9-10,13-15,19H,2-5,7-8H2,1H3. The first kappa shape index (κ1) is 14.4. The average molecular weight is 291 g/mol. The molecule has 5 heteroatoms. The quantitative estimate of drug-likeness (QED) is 0.926. The monoisotopic (exact) mass is 291 g/mol. The third-order valence-corrected chi connectivity index (χ3v) is 4.57. The van der Waals surface area contributed by atoms with E-state index in [2.05, 4.69) is 17.2 Å². The van der Waals surface area contributed by atoms with E-state index < -0.39 is 5.82 Å². The zero-order valence-electron chi connectivity index (χ0n) is 12.4. The first-order valence-corrected chi connectivity index (χ1v) is 7.85. The van der Waals surface area contributed by atoms with E-state index in [9.17, 15) is 9.18 Å². The summed E-state index contributed by atoms with van der Waals surface area (Å²) >= 11 is 0. The number of nitrogens with one attached hydrogen (secondary N) is 1. The number of pyridine rings is 1. The van der Waals surface area contributed by atoms with Gasteiger partial charge in [-0.15, -0.1) is 0 Å². The van der Waals surface area contributed by atoms with Gasteiger partial charge >= 0.3 is 0 Å². The van der Waals surface area contributed by atoms with Gasteiger partial charge in [-0.2, -0.15) is 0 Å². The summed E-state index contributed by atoms with van der Waals surface area (Å²) in [5.41, 5.74) is 0.356. The molecule has 2 saturated heterocycles. The van der Waals surface area contributed by atoms with Gasteiger partial charge in [0.1, 0.15) is 5.82 Å². The maximum Gasteiger partial charge on any atom is 0.255 e. The molecule has 2 atom stereocenters. The van der Waals surface area contributed by atoms with Crippen LogP contribution in [0, 0.1) is 5.82 Å². The molecule has 2 bridgehead atoms. The summed E-state index contributed by atoms with van der Waals surface area (Å²) in [4.78, 5) is 18.5. The predicted molar refractivity (Wildman–Crippen MR) is 78.5 cm³/mol. The van der Waals surface area contributed by atoms with Gasteiger partial charge in [-0.3, -0.25) is 9.78 Å². The van der Waals surface area contributed by atoms with E-state index in [1.165, 1.54) is 25.1 Å². The first-order chi connectivity index (χ1) is 10.2. The van der Waals surface area contributed by atoms with Crippen LogP contribution in [0.3, 0.4) is 0 Å². The Kier molecular flexibility index (Phi) is 4.19. The molecule has 2 aliphatic heterocycles. The van der Waals surface area contributed by atoms with Gasteiger partial charge in [-0.05, 0) is 38.2 Å². The maximum atomic E-state index is 13.3. The third-order valence-electron chi connectivity index (χ3n) is 4.57. The van der Waals surface area contributed by atoms with E-state index in [0.29, 0.717) is 17.6 Å². The van der Waals surface area contributed by atoms with Crippen LogP contribution in [0.15, 0.2) is 18.5 Å². The van der Waals surface area contributed by atoms with E-state index in [1.54, 1.807) is 0 Å². The summed E-state index contributed by atoms with van der Waals surface area (Å²) in [5.74, 6) is -0.544. The molecule has 2 unspecified atom stereocenters. The first-order valence-electron chi connectivity index (χ1n) is 7.85. The SMILES string of the molecule is CCCN(C(=O)c1cncc(F)c1)C1CC2CCC(C1)N2. The average Bonchev–Trinajstić information content (AvgIpc) is 2.82. The van der Waals surface area contributed by atoms with Crippen molar-refractivity contribution in [1.29, 1.82) is 0 Å². The Bertz CT molecular complexity index is 510. The van der Waals surface area contributed by atoms with E-state index in [4.69, 9.17) is 0 Å². The van der Waals surface area contributed by atoms with E-state index in [1.807, 2.05) is 4.90 Å². The molecule has 3 rings (SSSR count). The van der Waals surface area contributed by atoms with Crippen LogP contribution in [0.25, 0.3) is 0 Å². The van der Waals surface area contributed by atoms with Crippen LogP contribution in [0.2, 0.25) is 0 Å². The van der Waals surface area contributed by atoms with E-state index in [0.717, 1.165) is 32.0 Å². The van der Waals surface area contributed by atoms with Gasteiger partial charge in [0.25, 0.3) is 5.91 Å². The third kappa shape index (κ3) is 3.07. The van der Waals surface area contributed by atoms with Gasteiger partial charge < -0.3 is 10.2 Å². The molecule has 3 heterocycles. The lowest BCUT2D eigenvalue weighted by molar-refractivity contribution is 0.0616. The number of hydrogen-bond donors (Lipinski definition) is 1. The molecule has 1 aromatic heterocycles. The van der Waals surface area contributed by atoms with Gasteiger partial charge in [0.2, 0.25) is 0 Å². The van der Waals surface area contributed by atoms with Crippen LogP contribution in [0.4, 0.5) is 4.39 Å². The normalized spacial score (nSPS) is 27.6. The molecular weight excluding hydrogens is 269 g/mol. The van der Waals surface area contributed by atoms with Crippen molar-refractivity contribution in [2.75, 3.05) is 6.54 Å². The minimum absolute atomic E-state index is 0.0878. The fourth-order valence-corrected chi connectivity index (χ4v) is 3.67. The van der Waals surface area contributed by atoms with Crippen LogP contribution in [-0.4, -0.2) is 40.5 Å². The lowest BCUT2D eigenvalue weighted by atomic mass is 9.97. The summed E-state index contributed by atoms with van der Waals surface area (Å²) in [6, 6.07) is 2.62. The summed E-state index contributed by atoms with van der Waals surface area (Å²) in [7, 11) is 0. The molecule has 0 saturated carbocycles. The number of amides is 1. The minimum Gasteiger partial charge on any atom is -0.336 e. The van der Waals surface area contributed by atoms with Crippen LogP contribution in [-0.2, 0) is 0 Å². The number of rotatable bonds is 4. The van der Waals surface area contributed by atoms with Crippen LogP contribution >= 0.6 is 0 Å². The molecule has 1 aromatic rings. The molecular formula is C16H22FN3O. The van der Waals surface area contributed by atoms with Crippen LogP contribution in [0.1, 0.15) is 49.4 Å². The van der Waals surface area contributed by atoms with Gasteiger partial charge in [-0.25, -0.2) is 4.39 Å². The highest BCUT2D eigenvalue weighted by Crippen LogP contribution is 2.30. The molecule has 2 aliphatic rings. The van der Waals surface area contributed by atoms with Gasteiger partial charge in [0, 0.05) is 30.9 Å². The topological polar surface area (TPSA) is 45.2 Å². The highest BCUT2D eigenvalue weighted by molar-refractivity contribution is 5.94. The molecule has 21 heavy (non-hydrogen) atoms. The Balaban J connectivity index is 1.79. The second-order valence-corrected chi connectivity index (χ2v) is 6.15. The van der Waals surface area contributed by atoms with Crippen molar-refractivity contribution in [3.8, 4) is 0 Å². The zero-order chi connectivity index (χ0) is 14.8. The Hall–Kier alpha value is -1.49. The molecule has 0 aromatic carbocycles. The fourth-order valence-electron chi connectivity index (χ4n) is 3.67. The molecule has 4 nitrogen and oxygen atoms in total. The Labute approximate surface area is 124 Å². The molecule has 0 aliphatic carbocycles. The number of piperidine rings is 1. The van der Waals surface area contributed by atoms with Crippen molar-refractivity contribution in [2.24, 2.45) is 0 Å². The van der Waals surface area contributed by atoms with Crippen LogP contribution in [0.5, 0.6) is 0 Å². The summed E-state index contributed by atoms with van der Waals surface area (Å²) in [5, 5.41) is 3.59. The smallest absolute Gasteiger partial charge is 0.255 e. The number of hydrogen-bond acceptors (Lipinski definition) is 3. The highest BCUT2D eigenvalue weighted by Gasteiger charge is 2.37. The number of carbonyl (C=O) groups excluding carboxylic acids is 1. The van der Waals surface area contributed by atoms with Crippen molar-refractivity contribution < 1.29 is 9.18 Å². The fraction of sp³-hybridized carbons (Fsp3) is 0.625. The van der Waals surface area contributed by atoms with Crippen LogP contribution < -0.4 is 5.32 Å². The number of halogens is 1. The van der Waals surface area contributed by atoms with Crippen molar-refractivity contribution in [3.63, 3.8) is 0 Å². The number of fused-ring (bicyclic) bond motifs is 2. The van der Waals surface area contributed by atoms with Gasteiger partial charge in [0.05, 0.1) is 11.8 Å². The second kappa shape index (κ2) is 6.10. The molecule has 114 valence electrons. The van der Waals surface area contributed by atoms with Crippen molar-refractivity contribution in [2.45, 2.75) is 57.2 Å². The Morgan fingerprint density at radius 1 is 1.38 bits per heavy atom. The highest BCUT2D eigenvalue weighted by atomic mass is 19.1. The molecule has 0 spiro atoms. The van der Waals surface area contributed by atoms with E-state index in [-0.39, 0.29) is 11.9 Å². The number of aromatic nitrogens is 1. The molecule has 2 fully saturated rings.